The molecule has 0 amide bonds. The van der Waals surface area contributed by atoms with E-state index in [1.807, 2.05) is 19.9 Å². The minimum atomic E-state index is 0.105. The van der Waals surface area contributed by atoms with E-state index in [9.17, 15) is 0 Å². The van der Waals surface area contributed by atoms with E-state index in [-0.39, 0.29) is 6.61 Å². The van der Waals surface area contributed by atoms with Gasteiger partial charge >= 0.3 is 0 Å². The van der Waals surface area contributed by atoms with Gasteiger partial charge in [-0.15, -0.1) is 0 Å². The molecule has 0 heterocycles. The van der Waals surface area contributed by atoms with E-state index in [2.05, 4.69) is 24.4 Å². The molecule has 16 heavy (non-hydrogen) atoms. The van der Waals surface area contributed by atoms with Crippen molar-refractivity contribution in [2.24, 2.45) is 0 Å². The van der Waals surface area contributed by atoms with Gasteiger partial charge in [0.05, 0.1) is 0 Å². The molecule has 0 fully saturated rings. The average Bonchev–Trinajstić information content (AvgIpc) is 2.25. The van der Waals surface area contributed by atoms with Crippen molar-refractivity contribution in [1.82, 2.24) is 5.32 Å². The zero-order valence-corrected chi connectivity index (χ0v) is 10.1. The van der Waals surface area contributed by atoms with E-state index in [0.29, 0.717) is 0 Å². The predicted octanol–water partition coefficient (Wildman–Crippen LogP) is 2.32. The summed E-state index contributed by atoms with van der Waals surface area (Å²) in [5.41, 5.74) is 3.42. The molecule has 0 saturated heterocycles. The summed E-state index contributed by atoms with van der Waals surface area (Å²) in [7, 11) is 0. The first-order valence-electron chi connectivity index (χ1n) is 5.49. The summed E-state index contributed by atoms with van der Waals surface area (Å²) in [5, 5.41) is 11.8. The van der Waals surface area contributed by atoms with Gasteiger partial charge in [0.2, 0.25) is 0 Å². The van der Waals surface area contributed by atoms with Gasteiger partial charge in [-0.05, 0) is 37.1 Å². The van der Waals surface area contributed by atoms with Gasteiger partial charge in [-0.2, -0.15) is 5.26 Å². The fourth-order valence-corrected chi connectivity index (χ4v) is 1.74. The Labute approximate surface area is 97.0 Å². The Kier molecular flexibility index (Phi) is 4.81. The van der Waals surface area contributed by atoms with Crippen LogP contribution in [0.25, 0.3) is 0 Å². The molecule has 3 nitrogen and oxygen atoms in total. The maximum Gasteiger partial charge on any atom is 0.174 e. The lowest BCUT2D eigenvalue weighted by Crippen LogP contribution is -2.12. The highest BCUT2D eigenvalue weighted by molar-refractivity contribution is 5.43. The Morgan fingerprint density at radius 2 is 1.94 bits per heavy atom. The first kappa shape index (κ1) is 12.5. The fraction of sp³-hybridized carbons (Fsp3) is 0.462. The lowest BCUT2D eigenvalue weighted by molar-refractivity contribution is 0.362. The van der Waals surface area contributed by atoms with Gasteiger partial charge in [-0.1, -0.05) is 19.1 Å². The first-order chi connectivity index (χ1) is 7.69. The molecule has 1 N–H and O–H groups in total. The third-order valence-corrected chi connectivity index (χ3v) is 2.38. The number of aryl methyl sites for hydroxylation is 2. The normalized spacial score (nSPS) is 9.88. The lowest BCUT2D eigenvalue weighted by atomic mass is 10.1. The highest BCUT2D eigenvalue weighted by Crippen LogP contribution is 2.24. The third kappa shape index (κ3) is 3.25. The molecular formula is C13H18N2O. The van der Waals surface area contributed by atoms with Crippen molar-refractivity contribution in [2.75, 3.05) is 13.2 Å². The molecule has 0 bridgehead atoms. The maximum absolute atomic E-state index is 8.50. The molecule has 0 unspecified atom stereocenters. The molecule has 0 radical (unpaired) electrons. The second kappa shape index (κ2) is 6.14. The van der Waals surface area contributed by atoms with E-state index < -0.39 is 0 Å². The van der Waals surface area contributed by atoms with Crippen LogP contribution in [0, 0.1) is 25.2 Å². The number of nitriles is 1. The van der Waals surface area contributed by atoms with Crippen molar-refractivity contribution < 1.29 is 4.74 Å². The summed E-state index contributed by atoms with van der Waals surface area (Å²) >= 11 is 0. The molecule has 0 aliphatic heterocycles. The van der Waals surface area contributed by atoms with Crippen LogP contribution in [-0.2, 0) is 6.54 Å². The van der Waals surface area contributed by atoms with E-state index in [4.69, 9.17) is 10.00 Å². The topological polar surface area (TPSA) is 45.0 Å². The van der Waals surface area contributed by atoms with Gasteiger partial charge in [-0.25, -0.2) is 0 Å². The molecule has 0 atom stereocenters. The zero-order chi connectivity index (χ0) is 12.0. The SMILES string of the molecule is CCNCc1cc(C)c(OCC#N)c(C)c1. The van der Waals surface area contributed by atoms with Crippen molar-refractivity contribution in [2.45, 2.75) is 27.3 Å². The van der Waals surface area contributed by atoms with Crippen LogP contribution >= 0.6 is 0 Å². The second-order valence-electron chi connectivity index (χ2n) is 3.79. The van der Waals surface area contributed by atoms with Gasteiger partial charge < -0.3 is 10.1 Å². The largest absolute Gasteiger partial charge is 0.478 e. The second-order valence-corrected chi connectivity index (χ2v) is 3.79. The Bertz CT molecular complexity index is 370. The van der Waals surface area contributed by atoms with E-state index in [1.54, 1.807) is 0 Å². The molecule has 1 aromatic rings. The highest BCUT2D eigenvalue weighted by atomic mass is 16.5. The summed E-state index contributed by atoms with van der Waals surface area (Å²) in [5.74, 6) is 0.835. The van der Waals surface area contributed by atoms with Crippen LogP contribution in [0.5, 0.6) is 5.75 Å². The van der Waals surface area contributed by atoms with Crippen molar-refractivity contribution >= 4 is 0 Å². The van der Waals surface area contributed by atoms with Crippen LogP contribution in [0.3, 0.4) is 0 Å². The minimum Gasteiger partial charge on any atom is -0.478 e. The summed E-state index contributed by atoms with van der Waals surface area (Å²) < 4.78 is 5.39. The fourth-order valence-electron chi connectivity index (χ4n) is 1.74. The molecule has 0 aliphatic rings. The highest BCUT2D eigenvalue weighted by Gasteiger charge is 2.05. The molecule has 0 spiro atoms. The summed E-state index contributed by atoms with van der Waals surface area (Å²) in [6, 6.07) is 6.18. The average molecular weight is 218 g/mol. The monoisotopic (exact) mass is 218 g/mol. The van der Waals surface area contributed by atoms with Crippen LogP contribution in [0.2, 0.25) is 0 Å². The molecule has 3 heteroatoms. The third-order valence-electron chi connectivity index (χ3n) is 2.38. The number of nitrogens with one attached hydrogen (secondary N) is 1. The number of rotatable bonds is 5. The number of hydrogen-bond acceptors (Lipinski definition) is 3. The van der Waals surface area contributed by atoms with Crippen molar-refractivity contribution in [1.29, 1.82) is 5.26 Å². The smallest absolute Gasteiger partial charge is 0.174 e. The number of benzene rings is 1. The van der Waals surface area contributed by atoms with Gasteiger partial charge in [0.15, 0.2) is 6.61 Å². The summed E-state index contributed by atoms with van der Waals surface area (Å²) in [6.07, 6.45) is 0. The predicted molar refractivity (Wildman–Crippen MR) is 64.4 cm³/mol. The van der Waals surface area contributed by atoms with Crippen LogP contribution in [0.4, 0.5) is 0 Å². The minimum absolute atomic E-state index is 0.105. The zero-order valence-electron chi connectivity index (χ0n) is 10.1. The van der Waals surface area contributed by atoms with Crippen molar-refractivity contribution in [3.05, 3.63) is 28.8 Å². The molecule has 0 aliphatic carbocycles. The van der Waals surface area contributed by atoms with Crippen LogP contribution in [-0.4, -0.2) is 13.2 Å². The van der Waals surface area contributed by atoms with Crippen molar-refractivity contribution in [3.63, 3.8) is 0 Å². The summed E-state index contributed by atoms with van der Waals surface area (Å²) in [4.78, 5) is 0. The van der Waals surface area contributed by atoms with Gasteiger partial charge in [0.25, 0.3) is 0 Å². The Balaban J connectivity index is 2.85. The molecule has 86 valence electrons. The Hall–Kier alpha value is -1.53. The first-order valence-corrected chi connectivity index (χ1v) is 5.49. The van der Waals surface area contributed by atoms with Crippen LogP contribution in [0.15, 0.2) is 12.1 Å². The van der Waals surface area contributed by atoms with Crippen molar-refractivity contribution in [3.8, 4) is 11.8 Å². The van der Waals surface area contributed by atoms with Gasteiger partial charge in [0, 0.05) is 6.54 Å². The quantitative estimate of drug-likeness (QED) is 0.825. The summed E-state index contributed by atoms with van der Waals surface area (Å²) in [6.45, 7) is 8.05. The van der Waals surface area contributed by atoms with E-state index in [0.717, 1.165) is 30.0 Å². The standard InChI is InChI=1S/C13H18N2O/c1-4-15-9-12-7-10(2)13(11(3)8-12)16-6-5-14/h7-8,15H,4,6,9H2,1-3H3. The van der Waals surface area contributed by atoms with Crippen LogP contribution < -0.4 is 10.1 Å². The van der Waals surface area contributed by atoms with E-state index >= 15 is 0 Å². The number of hydrogen-bond donors (Lipinski definition) is 1. The van der Waals surface area contributed by atoms with Gasteiger partial charge in [0.1, 0.15) is 11.8 Å². The van der Waals surface area contributed by atoms with Crippen LogP contribution in [0.1, 0.15) is 23.6 Å². The molecular weight excluding hydrogens is 200 g/mol. The number of ether oxygens (including phenoxy) is 1. The van der Waals surface area contributed by atoms with Gasteiger partial charge in [-0.3, -0.25) is 0 Å². The van der Waals surface area contributed by atoms with E-state index in [1.165, 1.54) is 5.56 Å². The molecule has 0 saturated carbocycles. The molecule has 0 aromatic heterocycles. The Morgan fingerprint density at radius 3 is 2.44 bits per heavy atom. The molecule has 1 aromatic carbocycles. The molecule has 1 rings (SSSR count). The Morgan fingerprint density at radius 1 is 1.31 bits per heavy atom. The lowest BCUT2D eigenvalue weighted by Gasteiger charge is -2.12. The number of nitrogens with zero attached hydrogens (tertiary/aromatic N) is 1. The maximum atomic E-state index is 8.50.